The summed E-state index contributed by atoms with van der Waals surface area (Å²) in [5.74, 6) is -4.33. The summed E-state index contributed by atoms with van der Waals surface area (Å²) in [5, 5.41) is 0. The predicted octanol–water partition coefficient (Wildman–Crippen LogP) is 10.8. The summed E-state index contributed by atoms with van der Waals surface area (Å²) in [6.07, 6.45) is 4.79. The standard InChI is InChI=1S/C32H43F5O4/c1-3-5-7-9-10-11-13-22-39-26-17-15-24(16-18-26)27-19-20-28(30(34)29(27)33)41-31(38)40-23-21-25(32(35,36)37)14-12-8-6-4-2/h15-20,25H,3-14,21-23H2,1-2H3. The lowest BCUT2D eigenvalue weighted by atomic mass is 9.97. The van der Waals surface area contributed by atoms with E-state index >= 15 is 0 Å². The molecule has 0 aliphatic rings. The van der Waals surface area contributed by atoms with E-state index in [1.165, 1.54) is 38.2 Å². The minimum Gasteiger partial charge on any atom is -0.494 e. The molecule has 1 unspecified atom stereocenters. The van der Waals surface area contributed by atoms with Crippen LogP contribution in [0.15, 0.2) is 36.4 Å². The fourth-order valence-electron chi connectivity index (χ4n) is 4.51. The molecular formula is C32H43F5O4. The van der Waals surface area contributed by atoms with Gasteiger partial charge in [-0.3, -0.25) is 0 Å². The van der Waals surface area contributed by atoms with Crippen LogP contribution in [-0.2, 0) is 4.74 Å². The summed E-state index contributed by atoms with van der Waals surface area (Å²) in [5.41, 5.74) is 0.355. The van der Waals surface area contributed by atoms with Gasteiger partial charge in [-0.15, -0.1) is 0 Å². The smallest absolute Gasteiger partial charge is 0.494 e. The average molecular weight is 587 g/mol. The highest BCUT2D eigenvalue weighted by molar-refractivity contribution is 5.68. The molecule has 9 heteroatoms. The second-order valence-corrected chi connectivity index (χ2v) is 10.3. The molecule has 1 atom stereocenters. The number of unbranched alkanes of at least 4 members (excludes halogenated alkanes) is 9. The van der Waals surface area contributed by atoms with Gasteiger partial charge in [0.25, 0.3) is 0 Å². The molecule has 2 aromatic rings. The molecule has 0 aliphatic heterocycles. The second kappa shape index (κ2) is 18.6. The van der Waals surface area contributed by atoms with E-state index in [9.17, 15) is 26.7 Å². The zero-order valence-corrected chi connectivity index (χ0v) is 24.2. The quantitative estimate of drug-likeness (QED) is 0.0711. The van der Waals surface area contributed by atoms with Crippen molar-refractivity contribution >= 4 is 6.16 Å². The first-order valence-electron chi connectivity index (χ1n) is 14.8. The van der Waals surface area contributed by atoms with Crippen LogP contribution in [0.5, 0.6) is 11.5 Å². The van der Waals surface area contributed by atoms with Crippen LogP contribution in [0, 0.1) is 17.6 Å². The van der Waals surface area contributed by atoms with E-state index in [1.54, 1.807) is 24.3 Å². The highest BCUT2D eigenvalue weighted by atomic mass is 19.4. The van der Waals surface area contributed by atoms with Gasteiger partial charge >= 0.3 is 12.3 Å². The fourth-order valence-corrected chi connectivity index (χ4v) is 4.51. The molecule has 0 spiro atoms. The first-order valence-corrected chi connectivity index (χ1v) is 14.8. The topological polar surface area (TPSA) is 44.8 Å². The Morgan fingerprint density at radius 3 is 1.98 bits per heavy atom. The Kier molecular flexibility index (Phi) is 15.6. The lowest BCUT2D eigenvalue weighted by molar-refractivity contribution is -0.180. The predicted molar refractivity (Wildman–Crippen MR) is 150 cm³/mol. The van der Waals surface area contributed by atoms with Gasteiger partial charge in [0.2, 0.25) is 5.82 Å². The Balaban J connectivity index is 1.84. The molecule has 41 heavy (non-hydrogen) atoms. The number of halogens is 5. The molecule has 0 N–H and O–H groups in total. The van der Waals surface area contributed by atoms with Crippen LogP contribution < -0.4 is 9.47 Å². The summed E-state index contributed by atoms with van der Waals surface area (Å²) in [4.78, 5) is 12.0. The molecule has 0 bridgehead atoms. The van der Waals surface area contributed by atoms with Crippen molar-refractivity contribution in [2.45, 2.75) is 103 Å². The molecule has 0 aromatic heterocycles. The molecule has 0 aliphatic carbocycles. The Bertz CT molecular complexity index is 1020. The highest BCUT2D eigenvalue weighted by Crippen LogP contribution is 2.34. The normalized spacial score (nSPS) is 12.3. The maximum absolute atomic E-state index is 14.8. The zero-order chi connectivity index (χ0) is 30.1. The van der Waals surface area contributed by atoms with E-state index in [0.29, 0.717) is 30.8 Å². The van der Waals surface area contributed by atoms with Crippen LogP contribution in [0.4, 0.5) is 26.7 Å². The van der Waals surface area contributed by atoms with Crippen molar-refractivity contribution in [3.05, 3.63) is 48.0 Å². The average Bonchev–Trinajstić information content (AvgIpc) is 2.94. The van der Waals surface area contributed by atoms with Crippen molar-refractivity contribution in [3.63, 3.8) is 0 Å². The van der Waals surface area contributed by atoms with E-state index in [0.717, 1.165) is 31.7 Å². The van der Waals surface area contributed by atoms with Crippen molar-refractivity contribution in [1.29, 1.82) is 0 Å². The molecular weight excluding hydrogens is 543 g/mol. The SMILES string of the molecule is CCCCCCCCCOc1ccc(-c2ccc(OC(=O)OCCC(CCCCCC)C(F)(F)F)c(F)c2F)cc1. The number of carbonyl (C=O) groups excluding carboxylic acids is 1. The van der Waals surface area contributed by atoms with Crippen molar-refractivity contribution < 1.29 is 41.0 Å². The summed E-state index contributed by atoms with van der Waals surface area (Å²) < 4.78 is 84.4. The zero-order valence-electron chi connectivity index (χ0n) is 24.2. The molecule has 230 valence electrons. The summed E-state index contributed by atoms with van der Waals surface area (Å²) in [7, 11) is 0. The van der Waals surface area contributed by atoms with Crippen LogP contribution >= 0.6 is 0 Å². The van der Waals surface area contributed by atoms with Gasteiger partial charge in [0.15, 0.2) is 11.6 Å². The maximum Gasteiger partial charge on any atom is 0.513 e. The number of alkyl halides is 3. The maximum atomic E-state index is 14.8. The molecule has 0 amide bonds. The molecule has 4 nitrogen and oxygen atoms in total. The lowest BCUT2D eigenvalue weighted by Crippen LogP contribution is -2.25. The highest BCUT2D eigenvalue weighted by Gasteiger charge is 2.38. The Morgan fingerprint density at radius 2 is 1.34 bits per heavy atom. The van der Waals surface area contributed by atoms with E-state index in [4.69, 9.17) is 14.2 Å². The van der Waals surface area contributed by atoms with Gasteiger partial charge in [0.05, 0.1) is 19.1 Å². The molecule has 0 saturated carbocycles. The minimum absolute atomic E-state index is 0.0436. The number of rotatable bonds is 19. The van der Waals surface area contributed by atoms with Crippen LogP contribution in [0.1, 0.15) is 97.3 Å². The summed E-state index contributed by atoms with van der Waals surface area (Å²) in [6, 6.07) is 8.89. The van der Waals surface area contributed by atoms with Gasteiger partial charge in [0, 0.05) is 5.56 Å². The van der Waals surface area contributed by atoms with Gasteiger partial charge in [-0.2, -0.15) is 17.6 Å². The Morgan fingerprint density at radius 1 is 0.732 bits per heavy atom. The first kappa shape index (κ1) is 34.4. The van der Waals surface area contributed by atoms with Gasteiger partial charge in [-0.1, -0.05) is 90.2 Å². The first-order chi connectivity index (χ1) is 19.7. The number of hydrogen-bond acceptors (Lipinski definition) is 4. The number of hydrogen-bond donors (Lipinski definition) is 0. The minimum atomic E-state index is -4.41. The molecule has 2 rings (SSSR count). The summed E-state index contributed by atoms with van der Waals surface area (Å²) >= 11 is 0. The van der Waals surface area contributed by atoms with Gasteiger partial charge < -0.3 is 14.2 Å². The van der Waals surface area contributed by atoms with Gasteiger partial charge in [-0.25, -0.2) is 9.18 Å². The monoisotopic (exact) mass is 586 g/mol. The molecule has 0 radical (unpaired) electrons. The third-order valence-corrected chi connectivity index (χ3v) is 6.98. The number of benzene rings is 2. The third-order valence-electron chi connectivity index (χ3n) is 6.98. The van der Waals surface area contributed by atoms with Crippen LogP contribution in [0.3, 0.4) is 0 Å². The van der Waals surface area contributed by atoms with Crippen molar-refractivity contribution in [1.82, 2.24) is 0 Å². The van der Waals surface area contributed by atoms with Crippen LogP contribution in [0.25, 0.3) is 11.1 Å². The van der Waals surface area contributed by atoms with E-state index in [-0.39, 0.29) is 12.0 Å². The second-order valence-electron chi connectivity index (χ2n) is 10.3. The van der Waals surface area contributed by atoms with E-state index in [2.05, 4.69) is 6.92 Å². The summed E-state index contributed by atoms with van der Waals surface area (Å²) in [6.45, 7) is 4.18. The number of ether oxygens (including phenoxy) is 3. The van der Waals surface area contributed by atoms with Crippen LogP contribution in [-0.4, -0.2) is 25.5 Å². The molecule has 2 aromatic carbocycles. The van der Waals surface area contributed by atoms with Crippen molar-refractivity contribution in [2.75, 3.05) is 13.2 Å². The lowest BCUT2D eigenvalue weighted by Gasteiger charge is -2.20. The molecule has 0 fully saturated rings. The number of carbonyl (C=O) groups is 1. The largest absolute Gasteiger partial charge is 0.513 e. The molecule has 0 heterocycles. The Hall–Kier alpha value is -2.84. The van der Waals surface area contributed by atoms with E-state index < -0.39 is 48.7 Å². The molecule has 0 saturated heterocycles. The van der Waals surface area contributed by atoms with Crippen LogP contribution in [0.2, 0.25) is 0 Å². The fraction of sp³-hybridized carbons (Fsp3) is 0.594. The van der Waals surface area contributed by atoms with Gasteiger partial charge in [0.1, 0.15) is 5.75 Å². The third kappa shape index (κ3) is 12.7. The van der Waals surface area contributed by atoms with Gasteiger partial charge in [-0.05, 0) is 49.1 Å². The Labute approximate surface area is 240 Å². The van der Waals surface area contributed by atoms with Crippen molar-refractivity contribution in [3.8, 4) is 22.6 Å². The van der Waals surface area contributed by atoms with Crippen molar-refractivity contribution in [2.24, 2.45) is 5.92 Å². The van der Waals surface area contributed by atoms with E-state index in [1.807, 2.05) is 6.92 Å².